The second kappa shape index (κ2) is 6.91. The van der Waals surface area contributed by atoms with Gasteiger partial charge in [-0.2, -0.15) is 0 Å². The number of benzene rings is 2. The van der Waals surface area contributed by atoms with Crippen LogP contribution >= 0.6 is 0 Å². The van der Waals surface area contributed by atoms with Crippen LogP contribution in [0.3, 0.4) is 0 Å². The Bertz CT molecular complexity index is 880. The Morgan fingerprint density at radius 2 is 1.76 bits per heavy atom. The van der Waals surface area contributed by atoms with Crippen LogP contribution in [0.5, 0.6) is 0 Å². The van der Waals surface area contributed by atoms with Crippen LogP contribution in [-0.2, 0) is 0 Å². The van der Waals surface area contributed by atoms with Crippen molar-refractivity contribution in [1.82, 2.24) is 10.3 Å². The lowest BCUT2D eigenvalue weighted by atomic mass is 10.1. The zero-order valence-corrected chi connectivity index (χ0v) is 13.9. The fourth-order valence-corrected chi connectivity index (χ4v) is 3.15. The number of anilines is 2. The largest absolute Gasteiger partial charge is 0.369 e. The van der Waals surface area contributed by atoms with Crippen molar-refractivity contribution < 1.29 is 4.79 Å². The van der Waals surface area contributed by atoms with E-state index in [9.17, 15) is 4.79 Å². The third-order valence-electron chi connectivity index (χ3n) is 4.49. The lowest BCUT2D eigenvalue weighted by Crippen LogP contribution is -2.43. The second-order valence-electron chi connectivity index (χ2n) is 6.12. The first-order valence-electron chi connectivity index (χ1n) is 8.52. The molecular formula is C20H20N4O. The highest BCUT2D eigenvalue weighted by molar-refractivity contribution is 6.08. The summed E-state index contributed by atoms with van der Waals surface area (Å²) in [7, 11) is 0. The predicted octanol–water partition coefficient (Wildman–Crippen LogP) is 2.90. The number of hydrogen-bond donors (Lipinski definition) is 2. The summed E-state index contributed by atoms with van der Waals surface area (Å²) in [6.45, 7) is 3.98. The Hall–Kier alpha value is -2.92. The van der Waals surface area contributed by atoms with Gasteiger partial charge in [0.05, 0.1) is 11.2 Å². The van der Waals surface area contributed by atoms with Crippen molar-refractivity contribution in [3.8, 4) is 0 Å². The molecule has 0 atom stereocenters. The SMILES string of the molecule is O=C(Nc1cccc2cccnc12)c1ccc(N2CCNCC2)cc1. The zero-order chi connectivity index (χ0) is 17.1. The van der Waals surface area contributed by atoms with E-state index in [0.717, 1.165) is 48.5 Å². The minimum Gasteiger partial charge on any atom is -0.369 e. The van der Waals surface area contributed by atoms with Gasteiger partial charge in [-0.05, 0) is 36.4 Å². The van der Waals surface area contributed by atoms with Crippen molar-refractivity contribution in [2.75, 3.05) is 36.4 Å². The number of fused-ring (bicyclic) bond motifs is 1. The van der Waals surface area contributed by atoms with Gasteiger partial charge in [0, 0.05) is 49.0 Å². The van der Waals surface area contributed by atoms with E-state index in [-0.39, 0.29) is 5.91 Å². The van der Waals surface area contributed by atoms with Crippen LogP contribution in [0.15, 0.2) is 60.8 Å². The number of carbonyl (C=O) groups excluding carboxylic acids is 1. The molecule has 1 amide bonds. The number of aromatic nitrogens is 1. The molecule has 3 aromatic rings. The van der Waals surface area contributed by atoms with Crippen LogP contribution in [0, 0.1) is 0 Å². The highest BCUT2D eigenvalue weighted by Gasteiger charge is 2.12. The number of pyridine rings is 1. The Kier molecular flexibility index (Phi) is 4.31. The fourth-order valence-electron chi connectivity index (χ4n) is 3.15. The molecular weight excluding hydrogens is 312 g/mol. The summed E-state index contributed by atoms with van der Waals surface area (Å²) >= 11 is 0. The maximum absolute atomic E-state index is 12.6. The van der Waals surface area contributed by atoms with E-state index >= 15 is 0 Å². The van der Waals surface area contributed by atoms with Crippen molar-refractivity contribution in [3.63, 3.8) is 0 Å². The first kappa shape index (κ1) is 15.6. The Balaban J connectivity index is 1.52. The van der Waals surface area contributed by atoms with E-state index in [4.69, 9.17) is 0 Å². The summed E-state index contributed by atoms with van der Waals surface area (Å²) in [4.78, 5) is 19.3. The Morgan fingerprint density at radius 1 is 1.00 bits per heavy atom. The summed E-state index contributed by atoms with van der Waals surface area (Å²) < 4.78 is 0. The topological polar surface area (TPSA) is 57.3 Å². The van der Waals surface area contributed by atoms with Crippen LogP contribution in [0.2, 0.25) is 0 Å². The molecule has 1 fully saturated rings. The molecule has 126 valence electrons. The van der Waals surface area contributed by atoms with E-state index in [2.05, 4.69) is 20.5 Å². The average Bonchev–Trinajstić information content (AvgIpc) is 2.69. The predicted molar refractivity (Wildman–Crippen MR) is 101 cm³/mol. The number of rotatable bonds is 3. The van der Waals surface area contributed by atoms with Gasteiger partial charge in [-0.3, -0.25) is 9.78 Å². The molecule has 1 aliphatic heterocycles. The van der Waals surface area contributed by atoms with Crippen molar-refractivity contribution in [1.29, 1.82) is 0 Å². The minimum absolute atomic E-state index is 0.120. The zero-order valence-electron chi connectivity index (χ0n) is 13.9. The van der Waals surface area contributed by atoms with Crippen LogP contribution in [0.1, 0.15) is 10.4 Å². The van der Waals surface area contributed by atoms with Crippen molar-refractivity contribution >= 4 is 28.2 Å². The molecule has 25 heavy (non-hydrogen) atoms. The molecule has 4 rings (SSSR count). The van der Waals surface area contributed by atoms with E-state index in [1.807, 2.05) is 54.6 Å². The molecule has 0 bridgehead atoms. The van der Waals surface area contributed by atoms with Crippen molar-refractivity contribution in [2.24, 2.45) is 0 Å². The lowest BCUT2D eigenvalue weighted by molar-refractivity contribution is 0.102. The molecule has 0 spiro atoms. The smallest absolute Gasteiger partial charge is 0.255 e. The third-order valence-corrected chi connectivity index (χ3v) is 4.49. The molecule has 1 saturated heterocycles. The maximum Gasteiger partial charge on any atom is 0.255 e. The summed E-state index contributed by atoms with van der Waals surface area (Å²) in [5.41, 5.74) is 3.33. The molecule has 1 aliphatic rings. The lowest BCUT2D eigenvalue weighted by Gasteiger charge is -2.29. The van der Waals surface area contributed by atoms with Crippen LogP contribution in [0.25, 0.3) is 10.9 Å². The minimum atomic E-state index is -0.120. The molecule has 0 aliphatic carbocycles. The van der Waals surface area contributed by atoms with Gasteiger partial charge < -0.3 is 15.5 Å². The van der Waals surface area contributed by atoms with Crippen LogP contribution < -0.4 is 15.5 Å². The van der Waals surface area contributed by atoms with Gasteiger partial charge in [-0.15, -0.1) is 0 Å². The van der Waals surface area contributed by atoms with E-state index in [0.29, 0.717) is 5.56 Å². The van der Waals surface area contributed by atoms with Gasteiger partial charge in [0.1, 0.15) is 0 Å². The highest BCUT2D eigenvalue weighted by Crippen LogP contribution is 2.22. The molecule has 0 unspecified atom stereocenters. The molecule has 5 nitrogen and oxygen atoms in total. The Labute approximate surface area is 146 Å². The summed E-state index contributed by atoms with van der Waals surface area (Å²) in [6, 6.07) is 17.5. The molecule has 2 heterocycles. The fraction of sp³-hybridized carbons (Fsp3) is 0.200. The number of nitrogens with one attached hydrogen (secondary N) is 2. The molecule has 2 aromatic carbocycles. The Morgan fingerprint density at radius 3 is 2.56 bits per heavy atom. The average molecular weight is 332 g/mol. The first-order chi connectivity index (χ1) is 12.3. The highest BCUT2D eigenvalue weighted by atomic mass is 16.1. The number of carbonyl (C=O) groups is 1. The van der Waals surface area contributed by atoms with Crippen LogP contribution in [-0.4, -0.2) is 37.1 Å². The molecule has 5 heteroatoms. The number of para-hydroxylation sites is 1. The van der Waals surface area contributed by atoms with Crippen LogP contribution in [0.4, 0.5) is 11.4 Å². The first-order valence-corrected chi connectivity index (χ1v) is 8.52. The van der Waals surface area contributed by atoms with Crippen molar-refractivity contribution in [2.45, 2.75) is 0 Å². The number of amides is 1. The van der Waals surface area contributed by atoms with Gasteiger partial charge in [0.2, 0.25) is 0 Å². The number of nitrogens with zero attached hydrogens (tertiary/aromatic N) is 2. The van der Waals surface area contributed by atoms with E-state index < -0.39 is 0 Å². The van der Waals surface area contributed by atoms with Gasteiger partial charge >= 0.3 is 0 Å². The summed E-state index contributed by atoms with van der Waals surface area (Å²) in [6.07, 6.45) is 1.74. The molecule has 1 aromatic heterocycles. The van der Waals surface area contributed by atoms with Crippen molar-refractivity contribution in [3.05, 3.63) is 66.4 Å². The normalized spacial score (nSPS) is 14.5. The van der Waals surface area contributed by atoms with E-state index in [1.165, 1.54) is 0 Å². The van der Waals surface area contributed by atoms with Gasteiger partial charge in [0.15, 0.2) is 0 Å². The monoisotopic (exact) mass is 332 g/mol. The molecule has 2 N–H and O–H groups in total. The number of piperazine rings is 1. The second-order valence-corrected chi connectivity index (χ2v) is 6.12. The molecule has 0 radical (unpaired) electrons. The maximum atomic E-state index is 12.6. The van der Waals surface area contributed by atoms with Gasteiger partial charge in [-0.25, -0.2) is 0 Å². The number of hydrogen-bond acceptors (Lipinski definition) is 4. The summed E-state index contributed by atoms with van der Waals surface area (Å²) in [5, 5.41) is 7.33. The standard InChI is InChI=1S/C20H20N4O/c25-20(23-18-5-1-3-15-4-2-10-22-19(15)18)16-6-8-17(9-7-16)24-13-11-21-12-14-24/h1-10,21H,11-14H2,(H,23,25). The quantitative estimate of drug-likeness (QED) is 0.774. The van der Waals surface area contributed by atoms with E-state index in [1.54, 1.807) is 6.20 Å². The van der Waals surface area contributed by atoms with Gasteiger partial charge in [-0.1, -0.05) is 18.2 Å². The summed E-state index contributed by atoms with van der Waals surface area (Å²) in [5.74, 6) is -0.120. The molecule has 0 saturated carbocycles. The van der Waals surface area contributed by atoms with Gasteiger partial charge in [0.25, 0.3) is 5.91 Å². The third kappa shape index (κ3) is 3.32.